The molecule has 0 spiro atoms. The van der Waals surface area contributed by atoms with Crippen LogP contribution in [0.15, 0.2) is 42.5 Å². The van der Waals surface area contributed by atoms with E-state index in [0.29, 0.717) is 14.2 Å². The van der Waals surface area contributed by atoms with Crippen molar-refractivity contribution in [1.82, 2.24) is 10.9 Å². The zero-order valence-electron chi connectivity index (χ0n) is 10.5. The van der Waals surface area contributed by atoms with Gasteiger partial charge in [-0.3, -0.25) is 20.4 Å². The predicted octanol–water partition coefficient (Wildman–Crippen LogP) is 3.16. The molecule has 0 aliphatic carbocycles. The van der Waals surface area contributed by atoms with E-state index in [1.165, 1.54) is 18.2 Å². The Morgan fingerprint density at radius 3 is 2.29 bits per heavy atom. The monoisotopic (exact) mass is 418 g/mol. The molecule has 21 heavy (non-hydrogen) atoms. The first kappa shape index (κ1) is 15.7. The standard InChI is InChI=1S/C14H9ClFIN2O2/c15-9-3-6-12(17)11(7-9)14(21)19-18-13(20)8-1-4-10(16)5-2-8/h1-7H,(H,18,20)(H,19,21). The first-order valence-electron chi connectivity index (χ1n) is 5.78. The summed E-state index contributed by atoms with van der Waals surface area (Å²) in [7, 11) is 0. The second-order valence-electron chi connectivity index (χ2n) is 4.04. The van der Waals surface area contributed by atoms with Gasteiger partial charge in [-0.15, -0.1) is 0 Å². The van der Waals surface area contributed by atoms with Gasteiger partial charge < -0.3 is 0 Å². The lowest BCUT2D eigenvalue weighted by Gasteiger charge is -2.09. The molecule has 0 heterocycles. The first-order valence-corrected chi connectivity index (χ1v) is 7.24. The maximum Gasteiger partial charge on any atom is 0.270 e. The third-order valence-corrected chi connectivity index (χ3v) is 3.74. The molecule has 2 amide bonds. The van der Waals surface area contributed by atoms with E-state index in [0.717, 1.165) is 12.1 Å². The molecule has 108 valence electrons. The summed E-state index contributed by atoms with van der Waals surface area (Å²) >= 11 is 7.82. The van der Waals surface area contributed by atoms with Crippen molar-refractivity contribution in [2.45, 2.75) is 0 Å². The minimum atomic E-state index is -0.541. The molecule has 0 saturated carbocycles. The van der Waals surface area contributed by atoms with Crippen molar-refractivity contribution in [3.05, 3.63) is 68.0 Å². The van der Waals surface area contributed by atoms with E-state index in [1.807, 2.05) is 22.6 Å². The Labute approximate surface area is 138 Å². The van der Waals surface area contributed by atoms with E-state index in [2.05, 4.69) is 10.9 Å². The van der Waals surface area contributed by atoms with Crippen LogP contribution in [0, 0.1) is 9.39 Å². The Kier molecular flexibility index (Phi) is 5.13. The van der Waals surface area contributed by atoms with E-state index in [4.69, 9.17) is 11.6 Å². The largest absolute Gasteiger partial charge is 0.270 e. The third kappa shape index (κ3) is 4.15. The van der Waals surface area contributed by atoms with Gasteiger partial charge in [-0.2, -0.15) is 0 Å². The average molecular weight is 419 g/mol. The predicted molar refractivity (Wildman–Crippen MR) is 85.5 cm³/mol. The first-order chi connectivity index (χ1) is 9.97. The number of nitrogens with one attached hydrogen (secondary N) is 2. The Bertz CT molecular complexity index is 692. The van der Waals surface area contributed by atoms with Crippen molar-refractivity contribution >= 4 is 46.0 Å². The molecule has 2 N–H and O–H groups in total. The Balaban J connectivity index is 2.02. The van der Waals surface area contributed by atoms with E-state index < -0.39 is 17.6 Å². The lowest BCUT2D eigenvalue weighted by Crippen LogP contribution is -2.41. The summed E-state index contributed by atoms with van der Waals surface area (Å²) < 4.78 is 13.5. The maximum atomic E-state index is 12.8. The Hall–Kier alpha value is -1.67. The summed E-state index contributed by atoms with van der Waals surface area (Å²) in [5.74, 6) is -1.47. The molecule has 0 aromatic heterocycles. The van der Waals surface area contributed by atoms with Crippen molar-refractivity contribution in [3.63, 3.8) is 0 Å². The number of halogens is 3. The van der Waals surface area contributed by atoms with Crippen molar-refractivity contribution in [3.8, 4) is 0 Å². The maximum absolute atomic E-state index is 12.8. The summed E-state index contributed by atoms with van der Waals surface area (Å²) in [6, 6.07) is 9.83. The van der Waals surface area contributed by atoms with Gasteiger partial charge in [-0.25, -0.2) is 4.39 Å². The number of rotatable bonds is 2. The highest BCUT2D eigenvalue weighted by Crippen LogP contribution is 2.17. The SMILES string of the molecule is O=C(NNC(=O)c1cc(Cl)ccc1I)c1ccc(F)cc1. The summed E-state index contributed by atoms with van der Waals surface area (Å²) in [4.78, 5) is 23.7. The quantitative estimate of drug-likeness (QED) is 0.581. The molecule has 2 rings (SSSR count). The van der Waals surface area contributed by atoms with Crippen LogP contribution in [-0.2, 0) is 0 Å². The van der Waals surface area contributed by atoms with Crippen LogP contribution in [0.3, 0.4) is 0 Å². The number of benzene rings is 2. The van der Waals surface area contributed by atoms with E-state index in [-0.39, 0.29) is 5.56 Å². The fourth-order valence-corrected chi connectivity index (χ4v) is 2.28. The topological polar surface area (TPSA) is 58.2 Å². The number of carbonyl (C=O) groups excluding carboxylic acids is 2. The molecule has 4 nitrogen and oxygen atoms in total. The second-order valence-corrected chi connectivity index (χ2v) is 5.64. The molecule has 0 fully saturated rings. The van der Waals surface area contributed by atoms with Crippen LogP contribution in [0.5, 0.6) is 0 Å². The van der Waals surface area contributed by atoms with Crippen molar-refractivity contribution in [1.29, 1.82) is 0 Å². The van der Waals surface area contributed by atoms with Crippen LogP contribution < -0.4 is 10.9 Å². The number of hydrogen-bond acceptors (Lipinski definition) is 2. The fraction of sp³-hybridized carbons (Fsp3) is 0. The lowest BCUT2D eigenvalue weighted by molar-refractivity contribution is 0.0846. The van der Waals surface area contributed by atoms with Gasteiger partial charge in [-0.1, -0.05) is 11.6 Å². The number of hydrazine groups is 1. The van der Waals surface area contributed by atoms with Crippen molar-refractivity contribution < 1.29 is 14.0 Å². The fourth-order valence-electron chi connectivity index (χ4n) is 1.53. The molecule has 0 radical (unpaired) electrons. The van der Waals surface area contributed by atoms with Gasteiger partial charge >= 0.3 is 0 Å². The number of amides is 2. The second kappa shape index (κ2) is 6.86. The Morgan fingerprint density at radius 1 is 1.00 bits per heavy atom. The van der Waals surface area contributed by atoms with Gasteiger partial charge in [0.05, 0.1) is 5.56 Å². The average Bonchev–Trinajstić information content (AvgIpc) is 2.47. The van der Waals surface area contributed by atoms with Crippen LogP contribution in [0.1, 0.15) is 20.7 Å². The lowest BCUT2D eigenvalue weighted by atomic mass is 10.2. The molecule has 2 aromatic rings. The molecule has 2 aromatic carbocycles. The van der Waals surface area contributed by atoms with Gasteiger partial charge in [0.2, 0.25) is 0 Å². The molecule has 0 atom stereocenters. The van der Waals surface area contributed by atoms with Gasteiger partial charge in [0.1, 0.15) is 5.82 Å². The summed E-state index contributed by atoms with van der Waals surface area (Å²) in [6.07, 6.45) is 0. The zero-order chi connectivity index (χ0) is 15.4. The highest BCUT2D eigenvalue weighted by molar-refractivity contribution is 14.1. The van der Waals surface area contributed by atoms with Crippen molar-refractivity contribution in [2.75, 3.05) is 0 Å². The number of carbonyl (C=O) groups is 2. The van der Waals surface area contributed by atoms with Gasteiger partial charge in [-0.05, 0) is 65.1 Å². The molecule has 0 aliphatic rings. The van der Waals surface area contributed by atoms with E-state index in [9.17, 15) is 14.0 Å². The number of hydrogen-bond donors (Lipinski definition) is 2. The van der Waals surface area contributed by atoms with Gasteiger partial charge in [0.25, 0.3) is 11.8 Å². The van der Waals surface area contributed by atoms with Gasteiger partial charge in [0, 0.05) is 14.2 Å². The smallest absolute Gasteiger partial charge is 0.267 e. The molecular formula is C14H9ClFIN2O2. The van der Waals surface area contributed by atoms with E-state index in [1.54, 1.807) is 12.1 Å². The molecule has 0 bridgehead atoms. The van der Waals surface area contributed by atoms with Crippen LogP contribution in [-0.4, -0.2) is 11.8 Å². The minimum absolute atomic E-state index is 0.234. The Morgan fingerprint density at radius 2 is 1.62 bits per heavy atom. The molecule has 0 unspecified atom stereocenters. The normalized spacial score (nSPS) is 10.0. The van der Waals surface area contributed by atoms with Crippen LogP contribution >= 0.6 is 34.2 Å². The van der Waals surface area contributed by atoms with Gasteiger partial charge in [0.15, 0.2) is 0 Å². The summed E-state index contributed by atoms with van der Waals surface area (Å²) in [6.45, 7) is 0. The summed E-state index contributed by atoms with van der Waals surface area (Å²) in [5, 5.41) is 0.422. The zero-order valence-corrected chi connectivity index (χ0v) is 13.4. The van der Waals surface area contributed by atoms with Crippen LogP contribution in [0.2, 0.25) is 5.02 Å². The molecular weight excluding hydrogens is 410 g/mol. The van der Waals surface area contributed by atoms with E-state index >= 15 is 0 Å². The molecule has 7 heteroatoms. The minimum Gasteiger partial charge on any atom is -0.267 e. The van der Waals surface area contributed by atoms with Crippen LogP contribution in [0.4, 0.5) is 4.39 Å². The molecule has 0 saturated heterocycles. The summed E-state index contributed by atoms with van der Waals surface area (Å²) in [5.41, 5.74) is 5.12. The van der Waals surface area contributed by atoms with Crippen molar-refractivity contribution in [2.24, 2.45) is 0 Å². The third-order valence-electron chi connectivity index (χ3n) is 2.57. The van der Waals surface area contributed by atoms with Crippen LogP contribution in [0.25, 0.3) is 0 Å². The highest BCUT2D eigenvalue weighted by Gasteiger charge is 2.12. The molecule has 0 aliphatic heterocycles. The highest BCUT2D eigenvalue weighted by atomic mass is 127.